The molecule has 0 unspecified atom stereocenters. The normalized spacial score (nSPS) is 11.3. The SMILES string of the molecule is CCCn1cc(CCNC(=O)c2cc3ccccc3[nH]2)c2cccnc21. The van der Waals surface area contributed by atoms with Gasteiger partial charge in [-0.05, 0) is 42.7 Å². The molecule has 3 aromatic heterocycles. The summed E-state index contributed by atoms with van der Waals surface area (Å²) in [6.45, 7) is 3.71. The van der Waals surface area contributed by atoms with E-state index in [4.69, 9.17) is 0 Å². The number of aryl methyl sites for hydroxylation is 1. The molecule has 2 N–H and O–H groups in total. The standard InChI is InChI=1S/C21H22N4O/c1-2-12-25-14-16(17-7-5-10-22-20(17)25)9-11-23-21(26)19-13-15-6-3-4-8-18(15)24-19/h3-8,10,13-14,24H,2,9,11-12H2,1H3,(H,23,26). The van der Waals surface area contributed by atoms with E-state index in [-0.39, 0.29) is 5.91 Å². The first-order valence-corrected chi connectivity index (χ1v) is 9.05. The fraction of sp³-hybridized carbons (Fsp3) is 0.238. The Bertz CT molecular complexity index is 1030. The zero-order chi connectivity index (χ0) is 17.9. The molecular weight excluding hydrogens is 324 g/mol. The maximum absolute atomic E-state index is 12.4. The Hall–Kier alpha value is -3.08. The first-order chi connectivity index (χ1) is 12.8. The number of para-hydroxylation sites is 1. The number of fused-ring (bicyclic) bond motifs is 2. The van der Waals surface area contributed by atoms with Gasteiger partial charge >= 0.3 is 0 Å². The highest BCUT2D eigenvalue weighted by Crippen LogP contribution is 2.20. The number of nitrogens with one attached hydrogen (secondary N) is 2. The molecule has 0 aliphatic heterocycles. The summed E-state index contributed by atoms with van der Waals surface area (Å²) < 4.78 is 2.20. The zero-order valence-electron chi connectivity index (χ0n) is 14.8. The van der Waals surface area contributed by atoms with Gasteiger partial charge in [-0.1, -0.05) is 25.1 Å². The van der Waals surface area contributed by atoms with E-state index in [1.807, 2.05) is 42.6 Å². The molecule has 0 atom stereocenters. The molecule has 1 aromatic carbocycles. The fourth-order valence-corrected chi connectivity index (χ4v) is 3.41. The van der Waals surface area contributed by atoms with E-state index in [1.165, 1.54) is 10.9 Å². The highest BCUT2D eigenvalue weighted by Gasteiger charge is 2.11. The van der Waals surface area contributed by atoms with Crippen LogP contribution in [0.4, 0.5) is 0 Å². The van der Waals surface area contributed by atoms with Crippen LogP contribution in [-0.4, -0.2) is 27.0 Å². The second-order valence-electron chi connectivity index (χ2n) is 6.50. The van der Waals surface area contributed by atoms with Crippen molar-refractivity contribution in [3.63, 3.8) is 0 Å². The Kier molecular flexibility index (Phi) is 4.44. The summed E-state index contributed by atoms with van der Waals surface area (Å²) in [5.74, 6) is -0.0726. The number of H-pyrrole nitrogens is 1. The lowest BCUT2D eigenvalue weighted by Gasteiger charge is -2.03. The molecule has 5 nitrogen and oxygen atoms in total. The van der Waals surface area contributed by atoms with E-state index >= 15 is 0 Å². The Balaban J connectivity index is 1.46. The Labute approximate surface area is 152 Å². The van der Waals surface area contributed by atoms with Crippen molar-refractivity contribution in [1.82, 2.24) is 19.9 Å². The van der Waals surface area contributed by atoms with Crippen LogP contribution in [0, 0.1) is 0 Å². The molecule has 0 aliphatic carbocycles. The summed E-state index contributed by atoms with van der Waals surface area (Å²) in [6.07, 6.45) is 5.84. The number of pyridine rings is 1. The molecule has 5 heteroatoms. The number of aromatic amines is 1. The van der Waals surface area contributed by atoms with Gasteiger partial charge in [-0.25, -0.2) is 4.98 Å². The van der Waals surface area contributed by atoms with Gasteiger partial charge in [0, 0.05) is 41.8 Å². The van der Waals surface area contributed by atoms with Crippen molar-refractivity contribution in [3.8, 4) is 0 Å². The summed E-state index contributed by atoms with van der Waals surface area (Å²) >= 11 is 0. The van der Waals surface area contributed by atoms with Crippen molar-refractivity contribution in [2.45, 2.75) is 26.3 Å². The maximum atomic E-state index is 12.4. The van der Waals surface area contributed by atoms with Crippen LogP contribution in [0.2, 0.25) is 0 Å². The lowest BCUT2D eigenvalue weighted by Crippen LogP contribution is -2.25. The molecule has 0 spiro atoms. The molecule has 1 amide bonds. The van der Waals surface area contributed by atoms with Gasteiger partial charge in [0.2, 0.25) is 0 Å². The molecule has 26 heavy (non-hydrogen) atoms. The van der Waals surface area contributed by atoms with Gasteiger partial charge in [0.25, 0.3) is 5.91 Å². The minimum absolute atomic E-state index is 0.0726. The first kappa shape index (κ1) is 16.4. The third-order valence-electron chi connectivity index (χ3n) is 4.64. The van der Waals surface area contributed by atoms with Crippen LogP contribution in [0.25, 0.3) is 21.9 Å². The fourth-order valence-electron chi connectivity index (χ4n) is 3.41. The molecular formula is C21H22N4O. The van der Waals surface area contributed by atoms with Crippen LogP contribution in [0.5, 0.6) is 0 Å². The van der Waals surface area contributed by atoms with Gasteiger partial charge in [0.1, 0.15) is 11.3 Å². The van der Waals surface area contributed by atoms with Crippen molar-refractivity contribution < 1.29 is 4.79 Å². The molecule has 0 saturated carbocycles. The lowest BCUT2D eigenvalue weighted by molar-refractivity contribution is 0.0950. The van der Waals surface area contributed by atoms with E-state index in [1.54, 1.807) is 0 Å². The number of hydrogen-bond donors (Lipinski definition) is 2. The Morgan fingerprint density at radius 3 is 2.96 bits per heavy atom. The van der Waals surface area contributed by atoms with Crippen LogP contribution in [-0.2, 0) is 13.0 Å². The smallest absolute Gasteiger partial charge is 0.267 e. The molecule has 0 saturated heterocycles. The molecule has 3 heterocycles. The van der Waals surface area contributed by atoms with Crippen LogP contribution in [0.1, 0.15) is 29.4 Å². The van der Waals surface area contributed by atoms with E-state index in [0.717, 1.165) is 35.9 Å². The summed E-state index contributed by atoms with van der Waals surface area (Å²) in [5, 5.41) is 5.23. The number of rotatable bonds is 6. The van der Waals surface area contributed by atoms with Crippen LogP contribution >= 0.6 is 0 Å². The van der Waals surface area contributed by atoms with E-state index in [9.17, 15) is 4.79 Å². The van der Waals surface area contributed by atoms with Gasteiger partial charge < -0.3 is 14.9 Å². The number of benzene rings is 1. The van der Waals surface area contributed by atoms with E-state index in [2.05, 4.69) is 39.0 Å². The lowest BCUT2D eigenvalue weighted by atomic mass is 10.1. The van der Waals surface area contributed by atoms with Gasteiger partial charge in [0.15, 0.2) is 0 Å². The van der Waals surface area contributed by atoms with Gasteiger partial charge in [-0.3, -0.25) is 4.79 Å². The van der Waals surface area contributed by atoms with E-state index < -0.39 is 0 Å². The largest absolute Gasteiger partial charge is 0.351 e. The highest BCUT2D eigenvalue weighted by molar-refractivity contribution is 5.98. The minimum atomic E-state index is -0.0726. The van der Waals surface area contributed by atoms with Crippen LogP contribution in [0.3, 0.4) is 0 Å². The molecule has 132 valence electrons. The highest BCUT2D eigenvalue weighted by atomic mass is 16.1. The molecule has 0 bridgehead atoms. The van der Waals surface area contributed by atoms with Crippen molar-refractivity contribution >= 4 is 27.8 Å². The Morgan fingerprint density at radius 1 is 1.23 bits per heavy atom. The molecule has 4 aromatic rings. The summed E-state index contributed by atoms with van der Waals surface area (Å²) in [7, 11) is 0. The predicted octanol–water partition coefficient (Wildman–Crippen LogP) is 3.90. The number of carbonyl (C=O) groups is 1. The minimum Gasteiger partial charge on any atom is -0.351 e. The molecule has 0 aliphatic rings. The maximum Gasteiger partial charge on any atom is 0.267 e. The number of amides is 1. The number of aromatic nitrogens is 3. The monoisotopic (exact) mass is 346 g/mol. The van der Waals surface area contributed by atoms with Crippen molar-refractivity contribution in [3.05, 3.63) is 66.1 Å². The number of nitrogens with zero attached hydrogens (tertiary/aromatic N) is 2. The molecule has 0 fully saturated rings. The van der Waals surface area contributed by atoms with Crippen molar-refractivity contribution in [2.75, 3.05) is 6.54 Å². The van der Waals surface area contributed by atoms with Gasteiger partial charge in [0.05, 0.1) is 0 Å². The first-order valence-electron chi connectivity index (χ1n) is 9.05. The zero-order valence-corrected chi connectivity index (χ0v) is 14.8. The topological polar surface area (TPSA) is 62.7 Å². The van der Waals surface area contributed by atoms with E-state index in [0.29, 0.717) is 12.2 Å². The quantitative estimate of drug-likeness (QED) is 0.556. The summed E-state index contributed by atoms with van der Waals surface area (Å²) in [6, 6.07) is 13.9. The second kappa shape index (κ2) is 7.04. The number of carbonyl (C=O) groups excluding carboxylic acids is 1. The third-order valence-corrected chi connectivity index (χ3v) is 4.64. The summed E-state index contributed by atoms with van der Waals surface area (Å²) in [4.78, 5) is 20.1. The number of hydrogen-bond acceptors (Lipinski definition) is 2. The predicted molar refractivity (Wildman–Crippen MR) is 104 cm³/mol. The summed E-state index contributed by atoms with van der Waals surface area (Å²) in [5.41, 5.74) is 3.82. The molecule has 4 rings (SSSR count). The van der Waals surface area contributed by atoms with Gasteiger partial charge in [-0.15, -0.1) is 0 Å². The van der Waals surface area contributed by atoms with Crippen LogP contribution in [0.15, 0.2) is 54.9 Å². The average molecular weight is 346 g/mol. The second-order valence-corrected chi connectivity index (χ2v) is 6.50. The average Bonchev–Trinajstić information content (AvgIpc) is 3.24. The molecule has 0 radical (unpaired) electrons. The Morgan fingerprint density at radius 2 is 2.12 bits per heavy atom. The third kappa shape index (κ3) is 3.08. The van der Waals surface area contributed by atoms with Crippen molar-refractivity contribution in [1.29, 1.82) is 0 Å². The van der Waals surface area contributed by atoms with Gasteiger partial charge in [-0.2, -0.15) is 0 Å². The van der Waals surface area contributed by atoms with Crippen molar-refractivity contribution in [2.24, 2.45) is 0 Å². The van der Waals surface area contributed by atoms with Crippen LogP contribution < -0.4 is 5.32 Å².